The lowest BCUT2D eigenvalue weighted by Gasteiger charge is -2.18. The van der Waals surface area contributed by atoms with Crippen molar-refractivity contribution in [2.24, 2.45) is 5.73 Å². The van der Waals surface area contributed by atoms with Crippen molar-refractivity contribution in [2.75, 3.05) is 20.2 Å². The Morgan fingerprint density at radius 2 is 2.17 bits per heavy atom. The zero-order chi connectivity index (χ0) is 13.5. The minimum absolute atomic E-state index is 0.199. The second-order valence-electron chi connectivity index (χ2n) is 4.70. The summed E-state index contributed by atoms with van der Waals surface area (Å²) in [5.41, 5.74) is 6.66. The molecule has 0 bridgehead atoms. The fourth-order valence-corrected chi connectivity index (χ4v) is 1.73. The number of hydrogen-bond donors (Lipinski definition) is 1. The zero-order valence-corrected chi connectivity index (χ0v) is 11.4. The van der Waals surface area contributed by atoms with Crippen LogP contribution >= 0.6 is 0 Å². The summed E-state index contributed by atoms with van der Waals surface area (Å²) in [4.78, 5) is 2.14. The van der Waals surface area contributed by atoms with Crippen molar-refractivity contribution in [2.45, 2.75) is 32.9 Å². The number of nitrogens with two attached hydrogens (primary N) is 1. The van der Waals surface area contributed by atoms with Gasteiger partial charge in [-0.2, -0.15) is 0 Å². The van der Waals surface area contributed by atoms with Crippen molar-refractivity contribution in [3.63, 3.8) is 0 Å². The average Bonchev–Trinajstić information content (AvgIpc) is 2.30. The first-order valence-electron chi connectivity index (χ1n) is 6.38. The fourth-order valence-electron chi connectivity index (χ4n) is 1.73. The summed E-state index contributed by atoms with van der Waals surface area (Å²) in [5, 5.41) is 0. The summed E-state index contributed by atoms with van der Waals surface area (Å²) in [7, 11) is 2.01. The first kappa shape index (κ1) is 14.9. The Labute approximate surface area is 109 Å². The maximum absolute atomic E-state index is 13.6. The molecule has 0 saturated carbocycles. The van der Waals surface area contributed by atoms with E-state index in [4.69, 9.17) is 10.5 Å². The number of rotatable bonds is 7. The molecule has 1 aromatic rings. The van der Waals surface area contributed by atoms with Crippen molar-refractivity contribution in [1.82, 2.24) is 4.90 Å². The van der Waals surface area contributed by atoms with E-state index >= 15 is 0 Å². The largest absolute Gasteiger partial charge is 0.491 e. The van der Waals surface area contributed by atoms with Crippen LogP contribution in [-0.4, -0.2) is 31.1 Å². The van der Waals surface area contributed by atoms with Crippen LogP contribution < -0.4 is 10.5 Å². The van der Waals surface area contributed by atoms with Crippen molar-refractivity contribution >= 4 is 0 Å². The van der Waals surface area contributed by atoms with Gasteiger partial charge in [-0.3, -0.25) is 0 Å². The molecule has 1 unspecified atom stereocenters. The Bertz CT molecular complexity index is 369. The maximum Gasteiger partial charge on any atom is 0.165 e. The number of nitrogens with zero attached hydrogens (tertiary/aromatic N) is 1. The number of hydrogen-bond acceptors (Lipinski definition) is 3. The smallest absolute Gasteiger partial charge is 0.165 e. The summed E-state index contributed by atoms with van der Waals surface area (Å²) < 4.78 is 18.8. The third kappa shape index (κ3) is 5.02. The zero-order valence-electron chi connectivity index (χ0n) is 11.4. The number of ether oxygens (including phenoxy) is 1. The van der Waals surface area contributed by atoms with Gasteiger partial charge in [-0.1, -0.05) is 6.07 Å². The molecule has 1 aromatic carbocycles. The summed E-state index contributed by atoms with van der Waals surface area (Å²) >= 11 is 0. The summed E-state index contributed by atoms with van der Waals surface area (Å²) in [6.07, 6.45) is 0.940. The van der Waals surface area contributed by atoms with Crippen molar-refractivity contribution in [1.29, 1.82) is 0 Å². The van der Waals surface area contributed by atoms with Gasteiger partial charge < -0.3 is 15.4 Å². The highest BCUT2D eigenvalue weighted by Crippen LogP contribution is 2.19. The molecule has 0 radical (unpaired) electrons. The van der Waals surface area contributed by atoms with E-state index in [1.54, 1.807) is 6.07 Å². The Hall–Kier alpha value is -1.13. The van der Waals surface area contributed by atoms with Gasteiger partial charge in [-0.25, -0.2) is 4.39 Å². The predicted octanol–water partition coefficient (Wildman–Crippen LogP) is 2.39. The first-order valence-corrected chi connectivity index (χ1v) is 6.38. The molecule has 0 aliphatic carbocycles. The van der Waals surface area contributed by atoms with E-state index < -0.39 is 0 Å². The van der Waals surface area contributed by atoms with Gasteiger partial charge in [0.05, 0.1) is 6.61 Å². The van der Waals surface area contributed by atoms with E-state index in [9.17, 15) is 4.39 Å². The monoisotopic (exact) mass is 254 g/mol. The summed E-state index contributed by atoms with van der Waals surface area (Å²) in [6.45, 7) is 5.94. The number of benzene rings is 1. The van der Waals surface area contributed by atoms with Crippen molar-refractivity contribution in [3.05, 3.63) is 29.6 Å². The molecular formula is C14H23FN2O. The molecule has 0 spiro atoms. The molecule has 2 N–H and O–H groups in total. The standard InChI is InChI=1S/C14H23FN2O/c1-4-18-14-6-5-12(9-13(14)15)10-17(3)8-7-11(2)16/h5-6,9,11H,4,7-8,10,16H2,1-3H3. The van der Waals surface area contributed by atoms with Crippen LogP contribution in [0, 0.1) is 5.82 Å². The molecule has 0 aromatic heterocycles. The van der Waals surface area contributed by atoms with Crippen LogP contribution in [0.5, 0.6) is 5.75 Å². The van der Waals surface area contributed by atoms with Gasteiger partial charge in [0.1, 0.15) is 0 Å². The first-order chi connectivity index (χ1) is 8.52. The van der Waals surface area contributed by atoms with Gasteiger partial charge in [0.15, 0.2) is 11.6 Å². The minimum Gasteiger partial charge on any atom is -0.491 e. The predicted molar refractivity (Wildman–Crippen MR) is 72.2 cm³/mol. The summed E-state index contributed by atoms with van der Waals surface area (Å²) in [6, 6.07) is 5.32. The molecule has 1 atom stereocenters. The summed E-state index contributed by atoms with van der Waals surface area (Å²) in [5.74, 6) is 0.0226. The van der Waals surface area contributed by atoms with E-state index in [0.29, 0.717) is 12.4 Å². The van der Waals surface area contributed by atoms with Crippen LogP contribution in [0.4, 0.5) is 4.39 Å². The molecule has 3 nitrogen and oxygen atoms in total. The van der Waals surface area contributed by atoms with Crippen molar-refractivity contribution < 1.29 is 9.13 Å². The van der Waals surface area contributed by atoms with Crippen LogP contribution in [0.2, 0.25) is 0 Å². The SMILES string of the molecule is CCOc1ccc(CN(C)CCC(C)N)cc1F. The van der Waals surface area contributed by atoms with Crippen molar-refractivity contribution in [3.8, 4) is 5.75 Å². The quantitative estimate of drug-likeness (QED) is 0.812. The average molecular weight is 254 g/mol. The maximum atomic E-state index is 13.6. The van der Waals surface area contributed by atoms with Crippen LogP contribution in [-0.2, 0) is 6.54 Å². The van der Waals surface area contributed by atoms with Crippen LogP contribution in [0.3, 0.4) is 0 Å². The third-order valence-electron chi connectivity index (χ3n) is 2.71. The van der Waals surface area contributed by atoms with Gasteiger partial charge >= 0.3 is 0 Å². The van der Waals surface area contributed by atoms with E-state index in [1.165, 1.54) is 6.07 Å². The third-order valence-corrected chi connectivity index (χ3v) is 2.71. The number of halogens is 1. The van der Waals surface area contributed by atoms with Gasteiger partial charge in [0.25, 0.3) is 0 Å². The molecule has 4 heteroatoms. The molecule has 102 valence electrons. The van der Waals surface area contributed by atoms with Gasteiger partial charge in [-0.05, 0) is 51.6 Å². The highest BCUT2D eigenvalue weighted by Gasteiger charge is 2.06. The van der Waals surface area contributed by atoms with Gasteiger partial charge in [0.2, 0.25) is 0 Å². The lowest BCUT2D eigenvalue weighted by molar-refractivity contribution is 0.309. The molecule has 0 amide bonds. The molecule has 0 heterocycles. The van der Waals surface area contributed by atoms with E-state index in [-0.39, 0.29) is 11.9 Å². The van der Waals surface area contributed by atoms with Gasteiger partial charge in [-0.15, -0.1) is 0 Å². The normalized spacial score (nSPS) is 12.8. The Balaban J connectivity index is 2.54. The second-order valence-corrected chi connectivity index (χ2v) is 4.70. The van der Waals surface area contributed by atoms with E-state index in [0.717, 1.165) is 25.1 Å². The highest BCUT2D eigenvalue weighted by molar-refractivity contribution is 5.29. The fraction of sp³-hybridized carbons (Fsp3) is 0.571. The Kier molecular flexibility index (Phi) is 6.09. The van der Waals surface area contributed by atoms with Crippen LogP contribution in [0.25, 0.3) is 0 Å². The van der Waals surface area contributed by atoms with Gasteiger partial charge in [0, 0.05) is 12.6 Å². The molecule has 0 saturated heterocycles. The Morgan fingerprint density at radius 1 is 1.44 bits per heavy atom. The lowest BCUT2D eigenvalue weighted by atomic mass is 10.2. The van der Waals surface area contributed by atoms with E-state index in [1.807, 2.05) is 27.0 Å². The second kappa shape index (κ2) is 7.34. The lowest BCUT2D eigenvalue weighted by Crippen LogP contribution is -2.25. The van der Waals surface area contributed by atoms with Crippen LogP contribution in [0.1, 0.15) is 25.8 Å². The Morgan fingerprint density at radius 3 is 2.72 bits per heavy atom. The molecule has 1 rings (SSSR count). The molecule has 0 aliphatic rings. The molecule has 0 fully saturated rings. The molecule has 0 aliphatic heterocycles. The molecule has 18 heavy (non-hydrogen) atoms. The minimum atomic E-state index is -0.296. The topological polar surface area (TPSA) is 38.5 Å². The highest BCUT2D eigenvalue weighted by atomic mass is 19.1. The van der Waals surface area contributed by atoms with Crippen LogP contribution in [0.15, 0.2) is 18.2 Å². The molecular weight excluding hydrogens is 231 g/mol. The van der Waals surface area contributed by atoms with E-state index in [2.05, 4.69) is 4.90 Å².